The third-order valence-electron chi connectivity index (χ3n) is 7.69. The van der Waals surface area contributed by atoms with Crippen LogP contribution in [0, 0.1) is 10.1 Å². The summed E-state index contributed by atoms with van der Waals surface area (Å²) < 4.78 is 51.5. The van der Waals surface area contributed by atoms with Crippen LogP contribution in [-0.2, 0) is 44.7 Å². The predicted octanol–water partition coefficient (Wildman–Crippen LogP) is 5.70. The monoisotopic (exact) mass is 666 g/mol. The zero-order valence-electron chi connectivity index (χ0n) is 25.1. The molecule has 0 radical (unpaired) electrons. The largest absolute Gasteiger partial charge is 0.497 e. The minimum absolute atomic E-state index is 0.0208. The molecule has 5 rings (SSSR count). The first kappa shape index (κ1) is 32.9. The number of aldehydes is 1. The Kier molecular flexibility index (Phi) is 9.92. The standard InChI is InChI=1S/C33H31ClN2O9S/c1-42-27-8-3-23(4-9-27)19-35(20-24-5-10-28(43-2)11-6-24)46(40,41)29-12-14-32(31(18-29)36(38)39)44-22-33(21-37)30-13-7-26(34)17-25(30)15-16-45-33/h3-14,17-18,21H,15-16,19-20,22H2,1-2H3/t33-/m1/s1. The number of benzene rings is 4. The van der Waals surface area contributed by atoms with E-state index in [1.54, 1.807) is 66.7 Å². The molecule has 0 N–H and O–H groups in total. The molecule has 1 atom stereocenters. The first-order chi connectivity index (χ1) is 22.1. The number of ether oxygens (including phenoxy) is 4. The van der Waals surface area contributed by atoms with Gasteiger partial charge in [0.15, 0.2) is 17.6 Å². The summed E-state index contributed by atoms with van der Waals surface area (Å²) in [4.78, 5) is 23.5. The molecular formula is C33H31ClN2O9S. The van der Waals surface area contributed by atoms with Gasteiger partial charge in [0.05, 0.1) is 30.6 Å². The molecule has 11 nitrogen and oxygen atoms in total. The zero-order chi connectivity index (χ0) is 32.9. The highest BCUT2D eigenvalue weighted by Gasteiger charge is 2.40. The Balaban J connectivity index is 1.46. The number of fused-ring (bicyclic) bond motifs is 1. The number of carbonyl (C=O) groups excluding carboxylic acids is 1. The van der Waals surface area contributed by atoms with Crippen LogP contribution in [0.2, 0.25) is 5.02 Å². The average molecular weight is 667 g/mol. The lowest BCUT2D eigenvalue weighted by Gasteiger charge is -2.34. The molecule has 0 amide bonds. The third-order valence-corrected chi connectivity index (χ3v) is 9.71. The Hall–Kier alpha value is -4.49. The van der Waals surface area contributed by atoms with Crippen molar-refractivity contribution in [2.24, 2.45) is 0 Å². The highest BCUT2D eigenvalue weighted by Crippen LogP contribution is 2.37. The summed E-state index contributed by atoms with van der Waals surface area (Å²) in [6.07, 6.45) is 1.13. The van der Waals surface area contributed by atoms with Gasteiger partial charge in [-0.25, -0.2) is 8.42 Å². The van der Waals surface area contributed by atoms with Gasteiger partial charge >= 0.3 is 5.69 Å². The van der Waals surface area contributed by atoms with Crippen LogP contribution in [-0.4, -0.2) is 51.4 Å². The highest BCUT2D eigenvalue weighted by atomic mass is 35.5. The van der Waals surface area contributed by atoms with E-state index >= 15 is 0 Å². The molecular weight excluding hydrogens is 636 g/mol. The van der Waals surface area contributed by atoms with Crippen LogP contribution in [0.1, 0.15) is 22.3 Å². The van der Waals surface area contributed by atoms with Crippen LogP contribution < -0.4 is 14.2 Å². The van der Waals surface area contributed by atoms with Crippen molar-refractivity contribution in [3.63, 3.8) is 0 Å². The van der Waals surface area contributed by atoms with Crippen LogP contribution in [0.25, 0.3) is 0 Å². The number of nitro benzene ring substituents is 1. The summed E-state index contributed by atoms with van der Waals surface area (Å²) in [5.41, 5.74) is 0.612. The van der Waals surface area contributed by atoms with Crippen molar-refractivity contribution in [3.8, 4) is 17.2 Å². The number of sulfonamides is 1. The maximum atomic E-state index is 14.1. The normalized spacial score (nSPS) is 16.0. The van der Waals surface area contributed by atoms with E-state index < -0.39 is 26.2 Å². The molecule has 0 saturated carbocycles. The minimum atomic E-state index is -4.28. The number of nitrogens with zero attached hydrogens (tertiary/aromatic N) is 2. The maximum Gasteiger partial charge on any atom is 0.312 e. The van der Waals surface area contributed by atoms with Gasteiger partial charge in [0, 0.05) is 24.2 Å². The Bertz CT molecular complexity index is 1780. The van der Waals surface area contributed by atoms with Crippen molar-refractivity contribution in [1.29, 1.82) is 0 Å². The van der Waals surface area contributed by atoms with E-state index in [0.29, 0.717) is 45.9 Å². The number of carbonyl (C=O) groups is 1. The quantitative estimate of drug-likeness (QED) is 0.100. The Morgan fingerprint density at radius 2 is 1.54 bits per heavy atom. The van der Waals surface area contributed by atoms with Crippen LogP contribution in [0.5, 0.6) is 17.2 Å². The molecule has 0 unspecified atom stereocenters. The molecule has 0 bridgehead atoms. The van der Waals surface area contributed by atoms with Gasteiger partial charge in [-0.2, -0.15) is 4.31 Å². The van der Waals surface area contributed by atoms with Crippen LogP contribution in [0.15, 0.2) is 89.8 Å². The molecule has 1 aliphatic heterocycles. The SMILES string of the molecule is COc1ccc(CN(Cc2ccc(OC)cc2)S(=O)(=O)c2ccc(OC[C@@]3(C=O)OCCc4cc(Cl)ccc43)c([N+](=O)[O-])c2)cc1. The van der Waals surface area contributed by atoms with E-state index in [2.05, 4.69) is 0 Å². The summed E-state index contributed by atoms with van der Waals surface area (Å²) in [5.74, 6) is 1.01. The van der Waals surface area contributed by atoms with Gasteiger partial charge in [-0.1, -0.05) is 41.9 Å². The molecule has 0 fully saturated rings. The van der Waals surface area contributed by atoms with Crippen LogP contribution >= 0.6 is 11.6 Å². The molecule has 0 aromatic heterocycles. The van der Waals surface area contributed by atoms with Crippen molar-refractivity contribution >= 4 is 33.6 Å². The Labute approximate surface area is 271 Å². The lowest BCUT2D eigenvalue weighted by Crippen LogP contribution is -2.42. The summed E-state index contributed by atoms with van der Waals surface area (Å²) in [5, 5.41) is 12.7. The van der Waals surface area contributed by atoms with Crippen LogP contribution in [0.3, 0.4) is 0 Å². The van der Waals surface area contributed by atoms with Gasteiger partial charge in [0.25, 0.3) is 0 Å². The molecule has 0 aliphatic carbocycles. The minimum Gasteiger partial charge on any atom is -0.497 e. The lowest BCUT2D eigenvalue weighted by molar-refractivity contribution is -0.386. The smallest absolute Gasteiger partial charge is 0.312 e. The summed E-state index contributed by atoms with van der Waals surface area (Å²) >= 11 is 6.13. The fourth-order valence-electron chi connectivity index (χ4n) is 5.21. The first-order valence-corrected chi connectivity index (χ1v) is 16.0. The number of hydrogen-bond donors (Lipinski definition) is 0. The molecule has 1 heterocycles. The second-order valence-electron chi connectivity index (χ2n) is 10.6. The van der Waals surface area contributed by atoms with Gasteiger partial charge < -0.3 is 18.9 Å². The predicted molar refractivity (Wildman–Crippen MR) is 170 cm³/mol. The van der Waals surface area contributed by atoms with E-state index in [1.165, 1.54) is 30.7 Å². The molecule has 13 heteroatoms. The number of halogens is 1. The lowest BCUT2D eigenvalue weighted by atomic mass is 9.88. The van der Waals surface area contributed by atoms with Crippen molar-refractivity contribution in [2.45, 2.75) is 30.0 Å². The van der Waals surface area contributed by atoms with Crippen molar-refractivity contribution in [3.05, 3.63) is 122 Å². The maximum absolute atomic E-state index is 14.1. The fraction of sp³-hybridized carbons (Fsp3) is 0.242. The molecule has 4 aromatic carbocycles. The highest BCUT2D eigenvalue weighted by molar-refractivity contribution is 7.89. The molecule has 0 saturated heterocycles. The Morgan fingerprint density at radius 3 is 2.09 bits per heavy atom. The van der Waals surface area contributed by atoms with Crippen molar-refractivity contribution in [1.82, 2.24) is 4.31 Å². The summed E-state index contributed by atoms with van der Waals surface area (Å²) in [7, 11) is -1.21. The van der Waals surface area contributed by atoms with Gasteiger partial charge in [0.2, 0.25) is 10.0 Å². The van der Waals surface area contributed by atoms with E-state index in [4.69, 9.17) is 30.5 Å². The molecule has 4 aromatic rings. The number of nitro groups is 1. The zero-order valence-corrected chi connectivity index (χ0v) is 26.6. The average Bonchev–Trinajstić information content (AvgIpc) is 3.07. The van der Waals surface area contributed by atoms with E-state index in [0.717, 1.165) is 11.6 Å². The van der Waals surface area contributed by atoms with Gasteiger partial charge in [-0.05, 0) is 77.2 Å². The van der Waals surface area contributed by atoms with E-state index in [1.807, 2.05) is 0 Å². The second kappa shape index (κ2) is 13.9. The number of rotatable bonds is 13. The van der Waals surface area contributed by atoms with Crippen LogP contribution in [0.4, 0.5) is 5.69 Å². The van der Waals surface area contributed by atoms with Gasteiger partial charge in [-0.3, -0.25) is 14.9 Å². The first-order valence-electron chi connectivity index (χ1n) is 14.1. The summed E-state index contributed by atoms with van der Waals surface area (Å²) in [6.45, 7) is -0.202. The fourth-order valence-corrected chi connectivity index (χ4v) is 6.84. The topological polar surface area (TPSA) is 135 Å². The van der Waals surface area contributed by atoms with Crippen molar-refractivity contribution < 1.29 is 37.1 Å². The van der Waals surface area contributed by atoms with Gasteiger partial charge in [-0.15, -0.1) is 0 Å². The molecule has 1 aliphatic rings. The molecule has 240 valence electrons. The third kappa shape index (κ3) is 7.00. The van der Waals surface area contributed by atoms with E-state index in [9.17, 15) is 23.3 Å². The Morgan fingerprint density at radius 1 is 0.935 bits per heavy atom. The molecule has 0 spiro atoms. The van der Waals surface area contributed by atoms with Crippen molar-refractivity contribution in [2.75, 3.05) is 27.4 Å². The number of methoxy groups -OCH3 is 2. The second-order valence-corrected chi connectivity index (χ2v) is 12.9. The molecule has 46 heavy (non-hydrogen) atoms. The van der Waals surface area contributed by atoms with E-state index in [-0.39, 0.29) is 36.9 Å². The summed E-state index contributed by atoms with van der Waals surface area (Å²) in [6, 6.07) is 22.3. The number of hydrogen-bond acceptors (Lipinski definition) is 9. The van der Waals surface area contributed by atoms with Gasteiger partial charge in [0.1, 0.15) is 18.1 Å².